The summed E-state index contributed by atoms with van der Waals surface area (Å²) in [5, 5.41) is 2.78. The second-order valence-electron chi connectivity index (χ2n) is 6.65. The highest BCUT2D eigenvalue weighted by Crippen LogP contribution is 2.17. The quantitative estimate of drug-likeness (QED) is 0.830. The fraction of sp³-hybridized carbons (Fsp3) is 0.556. The molecule has 0 radical (unpaired) electrons. The summed E-state index contributed by atoms with van der Waals surface area (Å²) in [6.45, 7) is 5.99. The molecular formula is C18H27N3O3. The Labute approximate surface area is 143 Å². The highest BCUT2D eigenvalue weighted by Gasteiger charge is 2.30. The molecule has 3 N–H and O–H groups in total. The molecule has 1 aliphatic rings. The van der Waals surface area contributed by atoms with E-state index in [4.69, 9.17) is 10.5 Å². The Hall–Kier alpha value is -2.08. The third kappa shape index (κ3) is 5.23. The number of nitrogens with one attached hydrogen (secondary N) is 1. The average molecular weight is 333 g/mol. The molecule has 1 aromatic rings. The van der Waals surface area contributed by atoms with Crippen molar-refractivity contribution in [1.29, 1.82) is 0 Å². The lowest BCUT2D eigenvalue weighted by molar-refractivity contribution is -0.132. The minimum atomic E-state index is -0.451. The van der Waals surface area contributed by atoms with Gasteiger partial charge in [0.15, 0.2) is 0 Å². The summed E-state index contributed by atoms with van der Waals surface area (Å²) in [4.78, 5) is 25.8. The summed E-state index contributed by atoms with van der Waals surface area (Å²) in [5.74, 6) is 0.374. The van der Waals surface area contributed by atoms with Crippen LogP contribution < -0.4 is 11.1 Å². The summed E-state index contributed by atoms with van der Waals surface area (Å²) >= 11 is 0. The van der Waals surface area contributed by atoms with Crippen LogP contribution in [0.2, 0.25) is 0 Å². The lowest BCUT2D eigenvalue weighted by Crippen LogP contribution is -2.45. The third-order valence-electron chi connectivity index (χ3n) is 4.35. The van der Waals surface area contributed by atoms with Crippen LogP contribution in [0.5, 0.6) is 0 Å². The number of amides is 2. The molecule has 1 heterocycles. The number of hydrogen-bond donors (Lipinski definition) is 2. The molecule has 132 valence electrons. The normalized spacial score (nSPS) is 18.5. The van der Waals surface area contributed by atoms with E-state index in [1.54, 1.807) is 4.90 Å². The minimum Gasteiger partial charge on any atom is -0.445 e. The predicted molar refractivity (Wildman–Crippen MR) is 92.1 cm³/mol. The number of likely N-dealkylation sites (tertiary alicyclic amines) is 1. The number of rotatable bonds is 6. The zero-order valence-electron chi connectivity index (χ0n) is 14.4. The first-order valence-corrected chi connectivity index (χ1v) is 8.46. The molecule has 0 aliphatic carbocycles. The number of hydrogen-bond acceptors (Lipinski definition) is 4. The van der Waals surface area contributed by atoms with E-state index in [-0.39, 0.29) is 24.3 Å². The van der Waals surface area contributed by atoms with Crippen molar-refractivity contribution in [3.8, 4) is 0 Å². The van der Waals surface area contributed by atoms with Crippen LogP contribution in [0.3, 0.4) is 0 Å². The van der Waals surface area contributed by atoms with Crippen molar-refractivity contribution >= 4 is 12.0 Å². The van der Waals surface area contributed by atoms with Gasteiger partial charge < -0.3 is 20.7 Å². The van der Waals surface area contributed by atoms with Gasteiger partial charge >= 0.3 is 6.09 Å². The van der Waals surface area contributed by atoms with E-state index in [9.17, 15) is 9.59 Å². The molecule has 2 rings (SSSR count). The van der Waals surface area contributed by atoms with E-state index in [1.807, 2.05) is 44.2 Å². The number of carbonyl (C=O) groups excluding carboxylic acids is 2. The van der Waals surface area contributed by atoms with Crippen LogP contribution >= 0.6 is 0 Å². The maximum absolute atomic E-state index is 12.2. The first-order chi connectivity index (χ1) is 11.5. The van der Waals surface area contributed by atoms with Crippen molar-refractivity contribution in [1.82, 2.24) is 10.2 Å². The molecule has 2 unspecified atom stereocenters. The first kappa shape index (κ1) is 18.3. The zero-order valence-corrected chi connectivity index (χ0v) is 14.4. The molecule has 0 aromatic heterocycles. The van der Waals surface area contributed by atoms with E-state index in [0.717, 1.165) is 12.0 Å². The molecule has 0 saturated carbocycles. The van der Waals surface area contributed by atoms with E-state index >= 15 is 0 Å². The Kier molecular flexibility index (Phi) is 6.61. The second-order valence-corrected chi connectivity index (χ2v) is 6.65. The fourth-order valence-electron chi connectivity index (χ4n) is 2.70. The molecule has 1 aliphatic heterocycles. The van der Waals surface area contributed by atoms with E-state index in [0.29, 0.717) is 19.6 Å². The fourth-order valence-corrected chi connectivity index (χ4v) is 2.70. The van der Waals surface area contributed by atoms with Crippen molar-refractivity contribution in [3.63, 3.8) is 0 Å². The van der Waals surface area contributed by atoms with Crippen LogP contribution in [0.1, 0.15) is 25.8 Å². The molecule has 1 saturated heterocycles. The van der Waals surface area contributed by atoms with Gasteiger partial charge in [0.1, 0.15) is 6.61 Å². The van der Waals surface area contributed by atoms with Crippen molar-refractivity contribution < 1.29 is 14.3 Å². The van der Waals surface area contributed by atoms with Gasteiger partial charge in [-0.25, -0.2) is 4.79 Å². The standard InChI is InChI=1S/C18H27N3O3/c1-13(2)16(19)17(22)21-9-8-15(11-21)10-20-18(23)24-12-14-6-4-3-5-7-14/h3-7,13,15-16H,8-12,19H2,1-2H3,(H,20,23). The third-order valence-corrected chi connectivity index (χ3v) is 4.35. The summed E-state index contributed by atoms with van der Waals surface area (Å²) < 4.78 is 5.18. The maximum Gasteiger partial charge on any atom is 0.407 e. The summed E-state index contributed by atoms with van der Waals surface area (Å²) in [6.07, 6.45) is 0.442. The largest absolute Gasteiger partial charge is 0.445 e. The smallest absolute Gasteiger partial charge is 0.407 e. The molecule has 24 heavy (non-hydrogen) atoms. The van der Waals surface area contributed by atoms with Crippen LogP contribution in [-0.4, -0.2) is 42.6 Å². The van der Waals surface area contributed by atoms with Crippen molar-refractivity contribution in [3.05, 3.63) is 35.9 Å². The number of ether oxygens (including phenoxy) is 1. The summed E-state index contributed by atoms with van der Waals surface area (Å²) in [7, 11) is 0. The highest BCUT2D eigenvalue weighted by atomic mass is 16.5. The van der Waals surface area contributed by atoms with Gasteiger partial charge in [-0.15, -0.1) is 0 Å². The Bertz CT molecular complexity index is 548. The van der Waals surface area contributed by atoms with Gasteiger partial charge in [-0.1, -0.05) is 44.2 Å². The number of alkyl carbamates (subject to hydrolysis) is 1. The summed E-state index contributed by atoms with van der Waals surface area (Å²) in [5.41, 5.74) is 6.87. The van der Waals surface area contributed by atoms with Crippen molar-refractivity contribution in [2.24, 2.45) is 17.6 Å². The molecule has 6 heteroatoms. The Morgan fingerprint density at radius 2 is 2.04 bits per heavy atom. The van der Waals surface area contributed by atoms with Gasteiger partial charge in [0, 0.05) is 19.6 Å². The highest BCUT2D eigenvalue weighted by molar-refractivity contribution is 5.82. The maximum atomic E-state index is 12.2. The molecule has 6 nitrogen and oxygen atoms in total. The number of carbonyl (C=O) groups is 2. The first-order valence-electron chi connectivity index (χ1n) is 8.46. The van der Waals surface area contributed by atoms with Gasteiger partial charge in [0.2, 0.25) is 5.91 Å². The summed E-state index contributed by atoms with van der Waals surface area (Å²) in [6, 6.07) is 9.09. The van der Waals surface area contributed by atoms with Gasteiger partial charge in [-0.3, -0.25) is 4.79 Å². The average Bonchev–Trinajstić information content (AvgIpc) is 3.06. The van der Waals surface area contributed by atoms with Crippen LogP contribution in [0, 0.1) is 11.8 Å². The van der Waals surface area contributed by atoms with Crippen LogP contribution in [0.4, 0.5) is 4.79 Å². The lowest BCUT2D eigenvalue weighted by atomic mass is 10.0. The van der Waals surface area contributed by atoms with Crippen molar-refractivity contribution in [2.45, 2.75) is 32.9 Å². The topological polar surface area (TPSA) is 84.7 Å². The minimum absolute atomic E-state index is 0.000783. The molecule has 0 bridgehead atoms. The number of nitrogens with two attached hydrogens (primary N) is 1. The van der Waals surface area contributed by atoms with Crippen LogP contribution in [0.15, 0.2) is 30.3 Å². The SMILES string of the molecule is CC(C)C(N)C(=O)N1CCC(CNC(=O)OCc2ccccc2)C1. The molecule has 1 aromatic carbocycles. The van der Waals surface area contributed by atoms with Gasteiger partial charge in [0.05, 0.1) is 6.04 Å². The van der Waals surface area contributed by atoms with E-state index < -0.39 is 12.1 Å². The van der Waals surface area contributed by atoms with Crippen LogP contribution in [0.25, 0.3) is 0 Å². The molecule has 0 spiro atoms. The van der Waals surface area contributed by atoms with Gasteiger partial charge in [0.25, 0.3) is 0 Å². The lowest BCUT2D eigenvalue weighted by Gasteiger charge is -2.23. The Morgan fingerprint density at radius 1 is 1.33 bits per heavy atom. The van der Waals surface area contributed by atoms with Crippen LogP contribution in [-0.2, 0) is 16.1 Å². The predicted octanol–water partition coefficient (Wildman–Crippen LogP) is 1.74. The number of nitrogens with zero attached hydrogens (tertiary/aromatic N) is 1. The molecule has 2 amide bonds. The zero-order chi connectivity index (χ0) is 17.5. The van der Waals surface area contributed by atoms with Crippen molar-refractivity contribution in [2.75, 3.05) is 19.6 Å². The monoisotopic (exact) mass is 333 g/mol. The molecular weight excluding hydrogens is 306 g/mol. The Morgan fingerprint density at radius 3 is 2.71 bits per heavy atom. The van der Waals surface area contributed by atoms with Gasteiger partial charge in [-0.2, -0.15) is 0 Å². The second kappa shape index (κ2) is 8.68. The van der Waals surface area contributed by atoms with E-state index in [1.165, 1.54) is 0 Å². The molecule has 1 fully saturated rings. The Balaban J connectivity index is 1.68. The van der Waals surface area contributed by atoms with E-state index in [2.05, 4.69) is 5.32 Å². The molecule has 2 atom stereocenters. The number of benzene rings is 1. The van der Waals surface area contributed by atoms with Gasteiger partial charge in [-0.05, 0) is 23.8 Å².